The number of aromatic nitrogens is 1. The molecule has 126 valence electrons. The van der Waals surface area contributed by atoms with Crippen LogP contribution in [0.25, 0.3) is 0 Å². The number of pyridine rings is 1. The Morgan fingerprint density at radius 1 is 1.25 bits per heavy atom. The van der Waals surface area contributed by atoms with E-state index in [1.807, 2.05) is 18.5 Å². The number of hydroxylamine groups is 1. The van der Waals surface area contributed by atoms with E-state index in [1.54, 1.807) is 12.3 Å². The first-order valence-electron chi connectivity index (χ1n) is 9.00. The molecular formula is C19H23N3O2. The SMILES string of the molecule is COc1ccc(C2C=NN3O[C@@]4(CC3=C2)CC2CCC4CC2)cn1. The molecule has 3 heterocycles. The number of hydrogen-bond donors (Lipinski definition) is 0. The van der Waals surface area contributed by atoms with Crippen LogP contribution in [-0.2, 0) is 4.84 Å². The largest absolute Gasteiger partial charge is 0.481 e. The van der Waals surface area contributed by atoms with Gasteiger partial charge >= 0.3 is 0 Å². The lowest BCUT2D eigenvalue weighted by Gasteiger charge is -2.48. The van der Waals surface area contributed by atoms with Gasteiger partial charge in [0.15, 0.2) is 0 Å². The number of allylic oxidation sites excluding steroid dienone is 1. The zero-order valence-electron chi connectivity index (χ0n) is 14.0. The zero-order chi connectivity index (χ0) is 16.1. The Morgan fingerprint density at radius 3 is 2.79 bits per heavy atom. The summed E-state index contributed by atoms with van der Waals surface area (Å²) in [6, 6.07) is 3.96. The first kappa shape index (κ1) is 14.5. The molecule has 5 heteroatoms. The van der Waals surface area contributed by atoms with Crippen molar-refractivity contribution in [3.63, 3.8) is 0 Å². The molecule has 2 bridgehead atoms. The molecule has 24 heavy (non-hydrogen) atoms. The first-order valence-corrected chi connectivity index (χ1v) is 9.00. The van der Waals surface area contributed by atoms with E-state index in [4.69, 9.17) is 9.57 Å². The van der Waals surface area contributed by atoms with Crippen molar-refractivity contribution >= 4 is 6.21 Å². The molecule has 3 saturated carbocycles. The normalized spacial score (nSPS) is 36.8. The van der Waals surface area contributed by atoms with Crippen molar-refractivity contribution in [1.29, 1.82) is 0 Å². The Labute approximate surface area is 142 Å². The summed E-state index contributed by atoms with van der Waals surface area (Å²) >= 11 is 0. The van der Waals surface area contributed by atoms with E-state index in [1.165, 1.54) is 37.8 Å². The third kappa shape index (κ3) is 2.18. The molecule has 5 nitrogen and oxygen atoms in total. The molecule has 2 aliphatic heterocycles. The monoisotopic (exact) mass is 325 g/mol. The summed E-state index contributed by atoms with van der Waals surface area (Å²) in [5, 5.41) is 6.37. The van der Waals surface area contributed by atoms with E-state index in [9.17, 15) is 0 Å². The first-order chi connectivity index (χ1) is 11.8. The van der Waals surface area contributed by atoms with Gasteiger partial charge in [-0.3, -0.25) is 0 Å². The van der Waals surface area contributed by atoms with Crippen molar-refractivity contribution in [3.8, 4) is 5.88 Å². The van der Waals surface area contributed by atoms with Crippen LogP contribution >= 0.6 is 0 Å². The minimum absolute atomic E-state index is 0.0113. The zero-order valence-corrected chi connectivity index (χ0v) is 14.0. The lowest BCUT2D eigenvalue weighted by Crippen LogP contribution is -2.47. The van der Waals surface area contributed by atoms with Crippen molar-refractivity contribution in [3.05, 3.63) is 35.7 Å². The van der Waals surface area contributed by atoms with E-state index in [0.717, 1.165) is 17.9 Å². The molecule has 1 unspecified atom stereocenters. The molecule has 3 aliphatic carbocycles. The highest BCUT2D eigenvalue weighted by molar-refractivity contribution is 5.71. The molecule has 1 saturated heterocycles. The van der Waals surface area contributed by atoms with E-state index >= 15 is 0 Å². The number of hydrogen-bond acceptors (Lipinski definition) is 5. The summed E-state index contributed by atoms with van der Waals surface area (Å²) in [7, 11) is 1.64. The van der Waals surface area contributed by atoms with Crippen LogP contribution < -0.4 is 4.74 Å². The van der Waals surface area contributed by atoms with Crippen molar-refractivity contribution in [2.45, 2.75) is 50.0 Å². The Hall–Kier alpha value is -1.88. The van der Waals surface area contributed by atoms with Gasteiger partial charge in [-0.25, -0.2) is 9.82 Å². The Bertz CT molecular complexity index is 691. The molecular weight excluding hydrogens is 302 g/mol. The topological polar surface area (TPSA) is 47.0 Å². The maximum absolute atomic E-state index is 6.38. The van der Waals surface area contributed by atoms with Crippen molar-refractivity contribution in [2.24, 2.45) is 16.9 Å². The Kier molecular flexibility index (Phi) is 3.20. The average Bonchev–Trinajstić information content (AvgIpc) is 2.99. The third-order valence-electron chi connectivity index (χ3n) is 6.28. The molecule has 4 fully saturated rings. The smallest absolute Gasteiger partial charge is 0.212 e. The fourth-order valence-corrected chi connectivity index (χ4v) is 5.01. The van der Waals surface area contributed by atoms with Crippen LogP contribution in [0.1, 0.15) is 50.0 Å². The third-order valence-corrected chi connectivity index (χ3v) is 6.28. The molecule has 1 aromatic rings. The molecule has 0 aromatic carbocycles. The summed E-state index contributed by atoms with van der Waals surface area (Å²) < 4.78 is 5.14. The fourth-order valence-electron chi connectivity index (χ4n) is 5.01. The number of methoxy groups -OCH3 is 1. The standard InChI is InChI=1S/C19H23N3O2/c1-23-18-7-4-14(11-20-18)15-8-17-10-19(24-22(17)21-12-15)9-13-2-5-16(19)6-3-13/h4,7-8,11-13,15-16H,2-3,5-6,9-10H2,1H3/t13?,15?,16?,19-/m1/s1. The van der Waals surface area contributed by atoms with Crippen LogP contribution in [0.4, 0.5) is 0 Å². The summed E-state index contributed by atoms with van der Waals surface area (Å²) in [4.78, 5) is 10.7. The predicted octanol–water partition coefficient (Wildman–Crippen LogP) is 3.64. The molecule has 1 aromatic heterocycles. The van der Waals surface area contributed by atoms with Gasteiger partial charge in [-0.15, -0.1) is 5.17 Å². The van der Waals surface area contributed by atoms with Crippen LogP contribution in [0.15, 0.2) is 35.2 Å². The second kappa shape index (κ2) is 5.31. The van der Waals surface area contributed by atoms with E-state index in [-0.39, 0.29) is 11.5 Å². The fraction of sp³-hybridized carbons (Fsp3) is 0.579. The van der Waals surface area contributed by atoms with Crippen molar-refractivity contribution in [1.82, 2.24) is 10.2 Å². The minimum Gasteiger partial charge on any atom is -0.481 e. The molecule has 1 spiro atoms. The molecule has 0 N–H and O–H groups in total. The molecule has 2 atom stereocenters. The second-order valence-electron chi connectivity index (χ2n) is 7.61. The molecule has 0 amide bonds. The molecule has 5 aliphatic rings. The summed E-state index contributed by atoms with van der Waals surface area (Å²) in [5.74, 6) is 2.35. The maximum atomic E-state index is 6.38. The van der Waals surface area contributed by atoms with Crippen LogP contribution in [0.5, 0.6) is 5.88 Å². The number of rotatable bonds is 2. The number of ether oxygens (including phenoxy) is 1. The van der Waals surface area contributed by atoms with E-state index < -0.39 is 0 Å². The summed E-state index contributed by atoms with van der Waals surface area (Å²) in [6.07, 6.45) is 13.7. The van der Waals surface area contributed by atoms with Gasteiger partial charge in [-0.1, -0.05) is 6.07 Å². The minimum atomic E-state index is 0.0113. The second-order valence-corrected chi connectivity index (χ2v) is 7.61. The quantitative estimate of drug-likeness (QED) is 0.833. The summed E-state index contributed by atoms with van der Waals surface area (Å²) in [6.45, 7) is 0. The predicted molar refractivity (Wildman–Crippen MR) is 90.4 cm³/mol. The lowest BCUT2D eigenvalue weighted by atomic mass is 9.61. The van der Waals surface area contributed by atoms with Crippen molar-refractivity contribution < 1.29 is 9.57 Å². The van der Waals surface area contributed by atoms with Gasteiger partial charge < -0.3 is 4.74 Å². The van der Waals surface area contributed by atoms with Crippen LogP contribution in [0.3, 0.4) is 0 Å². The summed E-state index contributed by atoms with van der Waals surface area (Å²) in [5.41, 5.74) is 2.36. The number of hydrazone groups is 1. The highest BCUT2D eigenvalue weighted by Crippen LogP contribution is 2.55. The van der Waals surface area contributed by atoms with Crippen LogP contribution in [-0.4, -0.2) is 29.1 Å². The van der Waals surface area contributed by atoms with Gasteiger partial charge in [-0.05, 0) is 55.6 Å². The highest BCUT2D eigenvalue weighted by atomic mass is 16.7. The highest BCUT2D eigenvalue weighted by Gasteiger charge is 2.54. The number of fused-ring (bicyclic) bond motifs is 3. The molecule has 0 radical (unpaired) electrons. The lowest BCUT2D eigenvalue weighted by molar-refractivity contribution is -0.232. The van der Waals surface area contributed by atoms with Gasteiger partial charge in [0.25, 0.3) is 0 Å². The maximum Gasteiger partial charge on any atom is 0.212 e. The van der Waals surface area contributed by atoms with Gasteiger partial charge in [0.1, 0.15) is 5.60 Å². The van der Waals surface area contributed by atoms with Gasteiger partial charge in [0.05, 0.1) is 12.8 Å². The van der Waals surface area contributed by atoms with Gasteiger partial charge in [0.2, 0.25) is 5.88 Å². The van der Waals surface area contributed by atoms with Crippen LogP contribution in [0, 0.1) is 11.8 Å². The van der Waals surface area contributed by atoms with E-state index in [0.29, 0.717) is 11.8 Å². The van der Waals surface area contributed by atoms with Gasteiger partial charge in [0, 0.05) is 30.8 Å². The van der Waals surface area contributed by atoms with Crippen molar-refractivity contribution in [2.75, 3.05) is 7.11 Å². The van der Waals surface area contributed by atoms with Crippen LogP contribution in [0.2, 0.25) is 0 Å². The average molecular weight is 325 g/mol. The number of nitrogens with zero attached hydrogens (tertiary/aromatic N) is 3. The Morgan fingerprint density at radius 2 is 2.12 bits per heavy atom. The van der Waals surface area contributed by atoms with E-state index in [2.05, 4.69) is 22.2 Å². The molecule has 6 rings (SSSR count). The van der Waals surface area contributed by atoms with Gasteiger partial charge in [-0.2, -0.15) is 5.10 Å². The Balaban J connectivity index is 1.40.